The molecule has 1 atom stereocenters. The zero-order chi connectivity index (χ0) is 12.7. The predicted octanol–water partition coefficient (Wildman–Crippen LogP) is 1.65. The SMILES string of the molecule is CC(C)C1CN(CCCCN(C)C)CCCN1. The van der Waals surface area contributed by atoms with Gasteiger partial charge in [0.2, 0.25) is 0 Å². The van der Waals surface area contributed by atoms with Crippen LogP contribution in [0.25, 0.3) is 0 Å². The second-order valence-corrected chi connectivity index (χ2v) is 5.97. The van der Waals surface area contributed by atoms with E-state index in [1.807, 2.05) is 0 Å². The van der Waals surface area contributed by atoms with E-state index in [4.69, 9.17) is 0 Å². The van der Waals surface area contributed by atoms with E-state index in [9.17, 15) is 0 Å². The van der Waals surface area contributed by atoms with Crippen LogP contribution in [0.4, 0.5) is 0 Å². The first-order valence-electron chi connectivity index (χ1n) is 7.20. The summed E-state index contributed by atoms with van der Waals surface area (Å²) < 4.78 is 0. The summed E-state index contributed by atoms with van der Waals surface area (Å²) in [6.07, 6.45) is 3.96. The summed E-state index contributed by atoms with van der Waals surface area (Å²) >= 11 is 0. The van der Waals surface area contributed by atoms with Gasteiger partial charge in [0.25, 0.3) is 0 Å². The van der Waals surface area contributed by atoms with Crippen LogP contribution < -0.4 is 5.32 Å². The Kier molecular flexibility index (Phi) is 7.09. The summed E-state index contributed by atoms with van der Waals surface area (Å²) in [7, 11) is 4.31. The standard InChI is InChI=1S/C14H31N3/c1-13(2)14-12-17(11-7-8-15-14)10-6-5-9-16(3)4/h13-15H,5-12H2,1-4H3. The van der Waals surface area contributed by atoms with Gasteiger partial charge in [0.1, 0.15) is 0 Å². The molecule has 102 valence electrons. The van der Waals surface area contributed by atoms with Crippen molar-refractivity contribution in [2.75, 3.05) is 46.8 Å². The Morgan fingerprint density at radius 3 is 2.71 bits per heavy atom. The van der Waals surface area contributed by atoms with Gasteiger partial charge < -0.3 is 15.1 Å². The van der Waals surface area contributed by atoms with Gasteiger partial charge in [-0.3, -0.25) is 0 Å². The summed E-state index contributed by atoms with van der Waals surface area (Å²) in [5.41, 5.74) is 0. The maximum atomic E-state index is 3.67. The number of hydrogen-bond acceptors (Lipinski definition) is 3. The third kappa shape index (κ3) is 6.39. The van der Waals surface area contributed by atoms with Gasteiger partial charge in [0, 0.05) is 12.6 Å². The van der Waals surface area contributed by atoms with E-state index in [0.717, 1.165) is 5.92 Å². The molecule has 0 aromatic heterocycles. The summed E-state index contributed by atoms with van der Waals surface area (Å²) in [5, 5.41) is 3.67. The Hall–Kier alpha value is -0.120. The zero-order valence-corrected chi connectivity index (χ0v) is 12.2. The summed E-state index contributed by atoms with van der Waals surface area (Å²) in [4.78, 5) is 4.93. The minimum absolute atomic E-state index is 0.686. The van der Waals surface area contributed by atoms with E-state index in [1.54, 1.807) is 0 Å². The summed E-state index contributed by atoms with van der Waals surface area (Å²) in [6.45, 7) is 10.9. The van der Waals surface area contributed by atoms with E-state index in [-0.39, 0.29) is 0 Å². The summed E-state index contributed by atoms with van der Waals surface area (Å²) in [6, 6.07) is 0.686. The lowest BCUT2D eigenvalue weighted by atomic mass is 10.0. The fraction of sp³-hybridized carbons (Fsp3) is 1.00. The molecule has 3 heteroatoms. The third-order valence-corrected chi connectivity index (χ3v) is 3.65. The van der Waals surface area contributed by atoms with Crippen LogP contribution in [0.3, 0.4) is 0 Å². The van der Waals surface area contributed by atoms with Crippen LogP contribution in [0.1, 0.15) is 33.1 Å². The predicted molar refractivity (Wildman–Crippen MR) is 75.5 cm³/mol. The van der Waals surface area contributed by atoms with Crippen molar-refractivity contribution in [3.8, 4) is 0 Å². The fourth-order valence-corrected chi connectivity index (χ4v) is 2.44. The normalized spacial score (nSPS) is 23.3. The average molecular weight is 241 g/mol. The highest BCUT2D eigenvalue weighted by Gasteiger charge is 2.19. The van der Waals surface area contributed by atoms with Gasteiger partial charge in [0.15, 0.2) is 0 Å². The van der Waals surface area contributed by atoms with Crippen LogP contribution in [0, 0.1) is 5.92 Å². The number of rotatable bonds is 6. The Morgan fingerprint density at radius 2 is 2.06 bits per heavy atom. The van der Waals surface area contributed by atoms with E-state index < -0.39 is 0 Å². The molecule has 0 bridgehead atoms. The van der Waals surface area contributed by atoms with Crippen molar-refractivity contribution in [2.24, 2.45) is 5.92 Å². The molecule has 1 N–H and O–H groups in total. The van der Waals surface area contributed by atoms with Gasteiger partial charge in [-0.1, -0.05) is 13.8 Å². The largest absolute Gasteiger partial charge is 0.312 e. The maximum Gasteiger partial charge on any atom is 0.0217 e. The van der Waals surface area contributed by atoms with Crippen molar-refractivity contribution in [3.05, 3.63) is 0 Å². The highest BCUT2D eigenvalue weighted by Crippen LogP contribution is 2.09. The molecule has 1 rings (SSSR count). The fourth-order valence-electron chi connectivity index (χ4n) is 2.44. The van der Waals surface area contributed by atoms with E-state index in [0.29, 0.717) is 6.04 Å². The third-order valence-electron chi connectivity index (χ3n) is 3.65. The molecule has 3 nitrogen and oxygen atoms in total. The molecule has 0 spiro atoms. The number of hydrogen-bond donors (Lipinski definition) is 1. The highest BCUT2D eigenvalue weighted by atomic mass is 15.2. The van der Waals surface area contributed by atoms with Gasteiger partial charge >= 0.3 is 0 Å². The molecule has 0 aliphatic carbocycles. The molecular weight excluding hydrogens is 210 g/mol. The molecule has 1 fully saturated rings. The van der Waals surface area contributed by atoms with Crippen molar-refractivity contribution >= 4 is 0 Å². The maximum absolute atomic E-state index is 3.67. The van der Waals surface area contributed by atoms with E-state index in [2.05, 4.69) is 43.1 Å². The average Bonchev–Trinajstić information content (AvgIpc) is 2.49. The number of nitrogens with zero attached hydrogens (tertiary/aromatic N) is 2. The van der Waals surface area contributed by atoms with Gasteiger partial charge in [0.05, 0.1) is 0 Å². The van der Waals surface area contributed by atoms with Crippen LogP contribution >= 0.6 is 0 Å². The van der Waals surface area contributed by atoms with Crippen molar-refractivity contribution in [2.45, 2.75) is 39.2 Å². The summed E-state index contributed by atoms with van der Waals surface area (Å²) in [5.74, 6) is 0.748. The Balaban J connectivity index is 2.21. The van der Waals surface area contributed by atoms with Gasteiger partial charge in [-0.15, -0.1) is 0 Å². The minimum atomic E-state index is 0.686. The monoisotopic (exact) mass is 241 g/mol. The highest BCUT2D eigenvalue weighted by molar-refractivity contribution is 4.78. The quantitative estimate of drug-likeness (QED) is 0.713. The van der Waals surface area contributed by atoms with Crippen LogP contribution in [0.5, 0.6) is 0 Å². The first-order valence-corrected chi connectivity index (χ1v) is 7.20. The number of unbranched alkanes of at least 4 members (excludes halogenated alkanes) is 1. The van der Waals surface area contributed by atoms with E-state index in [1.165, 1.54) is 52.0 Å². The topological polar surface area (TPSA) is 18.5 Å². The van der Waals surface area contributed by atoms with Gasteiger partial charge in [-0.25, -0.2) is 0 Å². The molecule has 0 radical (unpaired) electrons. The van der Waals surface area contributed by atoms with E-state index >= 15 is 0 Å². The first-order chi connectivity index (χ1) is 8.09. The van der Waals surface area contributed by atoms with Crippen molar-refractivity contribution < 1.29 is 0 Å². The van der Waals surface area contributed by atoms with Crippen LogP contribution in [0.2, 0.25) is 0 Å². The molecule has 0 amide bonds. The zero-order valence-electron chi connectivity index (χ0n) is 12.2. The molecular formula is C14H31N3. The Bertz CT molecular complexity index is 192. The van der Waals surface area contributed by atoms with Crippen molar-refractivity contribution in [1.29, 1.82) is 0 Å². The molecule has 1 aliphatic rings. The molecule has 0 aromatic carbocycles. The molecule has 1 aliphatic heterocycles. The first kappa shape index (κ1) is 14.9. The molecule has 1 saturated heterocycles. The van der Waals surface area contributed by atoms with Crippen LogP contribution in [-0.2, 0) is 0 Å². The smallest absolute Gasteiger partial charge is 0.0217 e. The van der Waals surface area contributed by atoms with Crippen molar-refractivity contribution in [1.82, 2.24) is 15.1 Å². The lowest BCUT2D eigenvalue weighted by Gasteiger charge is -2.26. The Labute approximate surface area is 108 Å². The lowest BCUT2D eigenvalue weighted by molar-refractivity contribution is 0.238. The molecule has 0 saturated carbocycles. The number of nitrogens with one attached hydrogen (secondary N) is 1. The molecule has 17 heavy (non-hydrogen) atoms. The van der Waals surface area contributed by atoms with Gasteiger partial charge in [-0.2, -0.15) is 0 Å². The minimum Gasteiger partial charge on any atom is -0.312 e. The molecule has 0 aromatic rings. The second-order valence-electron chi connectivity index (χ2n) is 5.97. The second kappa shape index (κ2) is 8.06. The van der Waals surface area contributed by atoms with Crippen molar-refractivity contribution in [3.63, 3.8) is 0 Å². The van der Waals surface area contributed by atoms with Crippen LogP contribution in [0.15, 0.2) is 0 Å². The molecule has 1 heterocycles. The lowest BCUT2D eigenvalue weighted by Crippen LogP contribution is -2.41. The van der Waals surface area contributed by atoms with Crippen LogP contribution in [-0.4, -0.2) is 62.7 Å². The Morgan fingerprint density at radius 1 is 1.29 bits per heavy atom. The van der Waals surface area contributed by atoms with Gasteiger partial charge in [-0.05, 0) is 65.5 Å². The molecule has 1 unspecified atom stereocenters.